The van der Waals surface area contributed by atoms with Gasteiger partial charge in [0.2, 0.25) is 0 Å². The Balaban J connectivity index is 0.000000561. The summed E-state index contributed by atoms with van der Waals surface area (Å²) in [5.74, 6) is 0. The van der Waals surface area contributed by atoms with Crippen molar-refractivity contribution >= 4 is 15.9 Å². The predicted molar refractivity (Wildman–Crippen MR) is 59.4 cm³/mol. The lowest BCUT2D eigenvalue weighted by molar-refractivity contribution is 1.27. The summed E-state index contributed by atoms with van der Waals surface area (Å²) in [6, 6.07) is 8.26. The second-order valence-corrected chi connectivity index (χ2v) is 3.03. The number of hydrogen-bond donors (Lipinski definition) is 0. The fourth-order valence-corrected chi connectivity index (χ4v) is 1.05. The summed E-state index contributed by atoms with van der Waals surface area (Å²) >= 11 is 3.37. The highest BCUT2D eigenvalue weighted by molar-refractivity contribution is 9.10. The van der Waals surface area contributed by atoms with Crippen LogP contribution in [-0.2, 0) is 6.42 Å². The van der Waals surface area contributed by atoms with E-state index in [0.29, 0.717) is 0 Å². The van der Waals surface area contributed by atoms with Gasteiger partial charge < -0.3 is 0 Å². The van der Waals surface area contributed by atoms with Crippen LogP contribution in [0.3, 0.4) is 0 Å². The first-order chi connectivity index (χ1) is 5.83. The molecule has 0 atom stereocenters. The lowest BCUT2D eigenvalue weighted by Gasteiger charge is -1.94. The zero-order chi connectivity index (χ0) is 9.40. The molecule has 0 aliphatic heterocycles. The molecular formula is C11H15Br. The SMILES string of the molecule is C=CCc1ccc(Br)cc1.CC. The summed E-state index contributed by atoms with van der Waals surface area (Å²) in [5, 5.41) is 0. The highest BCUT2D eigenvalue weighted by Gasteiger charge is 1.87. The standard InChI is InChI=1S/C9H9Br.C2H6/c1-2-3-8-4-6-9(10)7-5-8;1-2/h2,4-7H,1,3H2;1-2H3. The molecule has 0 heterocycles. The quantitative estimate of drug-likeness (QED) is 0.664. The summed E-state index contributed by atoms with van der Waals surface area (Å²) in [7, 11) is 0. The van der Waals surface area contributed by atoms with E-state index >= 15 is 0 Å². The van der Waals surface area contributed by atoms with Crippen molar-refractivity contribution in [2.45, 2.75) is 20.3 Å². The molecule has 0 radical (unpaired) electrons. The Morgan fingerprint density at radius 1 is 1.25 bits per heavy atom. The molecule has 0 saturated carbocycles. The summed E-state index contributed by atoms with van der Waals surface area (Å²) < 4.78 is 1.13. The van der Waals surface area contributed by atoms with Gasteiger partial charge in [0.1, 0.15) is 0 Å². The van der Waals surface area contributed by atoms with Gasteiger partial charge in [-0.15, -0.1) is 6.58 Å². The van der Waals surface area contributed by atoms with E-state index in [-0.39, 0.29) is 0 Å². The summed E-state index contributed by atoms with van der Waals surface area (Å²) in [4.78, 5) is 0. The monoisotopic (exact) mass is 226 g/mol. The molecular weight excluding hydrogens is 212 g/mol. The fourth-order valence-electron chi connectivity index (χ4n) is 0.787. The molecule has 0 aromatic heterocycles. The van der Waals surface area contributed by atoms with Crippen LogP contribution in [0.2, 0.25) is 0 Å². The van der Waals surface area contributed by atoms with Crippen molar-refractivity contribution in [1.29, 1.82) is 0 Å². The van der Waals surface area contributed by atoms with Crippen molar-refractivity contribution in [1.82, 2.24) is 0 Å². The van der Waals surface area contributed by atoms with E-state index in [9.17, 15) is 0 Å². The van der Waals surface area contributed by atoms with E-state index in [0.717, 1.165) is 10.9 Å². The van der Waals surface area contributed by atoms with Crippen molar-refractivity contribution in [2.24, 2.45) is 0 Å². The van der Waals surface area contributed by atoms with Crippen LogP contribution in [0.15, 0.2) is 41.4 Å². The molecule has 0 aliphatic rings. The normalized spacial score (nSPS) is 8.25. The van der Waals surface area contributed by atoms with E-state index < -0.39 is 0 Å². The highest BCUT2D eigenvalue weighted by Crippen LogP contribution is 2.10. The Morgan fingerprint density at radius 2 is 1.75 bits per heavy atom. The molecule has 0 aliphatic carbocycles. The van der Waals surface area contributed by atoms with Gasteiger partial charge in [0, 0.05) is 4.47 Å². The minimum absolute atomic E-state index is 0.952. The lowest BCUT2D eigenvalue weighted by atomic mass is 10.2. The van der Waals surface area contributed by atoms with Gasteiger partial charge in [-0.05, 0) is 24.1 Å². The Bertz CT molecular complexity index is 211. The molecule has 0 bridgehead atoms. The predicted octanol–water partition coefficient (Wildman–Crippen LogP) is 4.20. The average Bonchev–Trinajstić information content (AvgIpc) is 2.13. The summed E-state index contributed by atoms with van der Waals surface area (Å²) in [6.07, 6.45) is 2.86. The Hall–Kier alpha value is -0.560. The molecule has 1 aromatic carbocycles. The third kappa shape index (κ3) is 4.35. The molecule has 0 amide bonds. The van der Waals surface area contributed by atoms with Crippen molar-refractivity contribution in [2.75, 3.05) is 0 Å². The van der Waals surface area contributed by atoms with Crippen molar-refractivity contribution in [3.63, 3.8) is 0 Å². The maximum Gasteiger partial charge on any atom is 0.0175 e. The van der Waals surface area contributed by atoms with E-state index in [1.807, 2.05) is 32.1 Å². The first kappa shape index (κ1) is 11.4. The van der Waals surface area contributed by atoms with Gasteiger partial charge in [-0.2, -0.15) is 0 Å². The largest absolute Gasteiger partial charge is 0.103 e. The first-order valence-electron chi connectivity index (χ1n) is 4.18. The Kier molecular flexibility index (Phi) is 6.78. The number of benzene rings is 1. The van der Waals surface area contributed by atoms with Crippen LogP contribution in [-0.4, -0.2) is 0 Å². The van der Waals surface area contributed by atoms with Gasteiger partial charge in [-0.1, -0.05) is 48.0 Å². The van der Waals surface area contributed by atoms with E-state index in [2.05, 4.69) is 34.6 Å². The molecule has 12 heavy (non-hydrogen) atoms. The van der Waals surface area contributed by atoms with Gasteiger partial charge >= 0.3 is 0 Å². The molecule has 1 heteroatoms. The number of allylic oxidation sites excluding steroid dienone is 1. The Morgan fingerprint density at radius 3 is 2.17 bits per heavy atom. The third-order valence-electron chi connectivity index (χ3n) is 1.29. The highest BCUT2D eigenvalue weighted by atomic mass is 79.9. The van der Waals surface area contributed by atoms with Crippen LogP contribution >= 0.6 is 15.9 Å². The maximum atomic E-state index is 3.67. The van der Waals surface area contributed by atoms with Crippen molar-refractivity contribution in [3.05, 3.63) is 47.0 Å². The van der Waals surface area contributed by atoms with Gasteiger partial charge in [-0.25, -0.2) is 0 Å². The van der Waals surface area contributed by atoms with Gasteiger partial charge in [0.05, 0.1) is 0 Å². The van der Waals surface area contributed by atoms with Gasteiger partial charge in [0.15, 0.2) is 0 Å². The topological polar surface area (TPSA) is 0 Å². The molecule has 0 N–H and O–H groups in total. The van der Waals surface area contributed by atoms with E-state index in [1.165, 1.54) is 5.56 Å². The van der Waals surface area contributed by atoms with Crippen LogP contribution in [0, 0.1) is 0 Å². The lowest BCUT2D eigenvalue weighted by Crippen LogP contribution is -1.77. The molecule has 1 aromatic rings. The van der Waals surface area contributed by atoms with Gasteiger partial charge in [-0.3, -0.25) is 0 Å². The second kappa shape index (κ2) is 7.11. The molecule has 0 nitrogen and oxygen atoms in total. The van der Waals surface area contributed by atoms with E-state index in [1.54, 1.807) is 0 Å². The van der Waals surface area contributed by atoms with Crippen molar-refractivity contribution < 1.29 is 0 Å². The third-order valence-corrected chi connectivity index (χ3v) is 1.82. The van der Waals surface area contributed by atoms with E-state index in [4.69, 9.17) is 0 Å². The Labute approximate surface area is 83.4 Å². The fraction of sp³-hybridized carbons (Fsp3) is 0.273. The van der Waals surface area contributed by atoms with Crippen LogP contribution in [0.5, 0.6) is 0 Å². The van der Waals surface area contributed by atoms with Gasteiger partial charge in [0.25, 0.3) is 0 Å². The zero-order valence-electron chi connectivity index (χ0n) is 7.68. The minimum atomic E-state index is 0.952. The molecule has 1 rings (SSSR count). The molecule has 0 unspecified atom stereocenters. The van der Waals surface area contributed by atoms with Crippen LogP contribution in [0.1, 0.15) is 19.4 Å². The first-order valence-corrected chi connectivity index (χ1v) is 4.97. The average molecular weight is 227 g/mol. The molecule has 0 saturated heterocycles. The number of halogens is 1. The summed E-state index contributed by atoms with van der Waals surface area (Å²) in [6.45, 7) is 7.67. The second-order valence-electron chi connectivity index (χ2n) is 2.12. The summed E-state index contributed by atoms with van der Waals surface area (Å²) in [5.41, 5.74) is 1.30. The maximum absolute atomic E-state index is 3.67. The van der Waals surface area contributed by atoms with Crippen LogP contribution in [0.25, 0.3) is 0 Å². The smallest absolute Gasteiger partial charge is 0.0175 e. The zero-order valence-corrected chi connectivity index (χ0v) is 9.26. The number of rotatable bonds is 2. The van der Waals surface area contributed by atoms with Crippen molar-refractivity contribution in [3.8, 4) is 0 Å². The molecule has 0 spiro atoms. The van der Waals surface area contributed by atoms with Crippen LogP contribution < -0.4 is 0 Å². The number of hydrogen-bond acceptors (Lipinski definition) is 0. The molecule has 0 fully saturated rings. The van der Waals surface area contributed by atoms with Crippen LogP contribution in [0.4, 0.5) is 0 Å². The molecule has 66 valence electrons. The minimum Gasteiger partial charge on any atom is -0.103 e.